The third kappa shape index (κ3) is 3.33. The van der Waals surface area contributed by atoms with Crippen molar-refractivity contribution in [1.29, 1.82) is 0 Å². The van der Waals surface area contributed by atoms with E-state index in [1.807, 2.05) is 38.1 Å². The second kappa shape index (κ2) is 6.14. The molecule has 1 aromatic carbocycles. The molecule has 2 rings (SSSR count). The van der Waals surface area contributed by atoms with Crippen LogP contribution >= 0.6 is 0 Å². The molecule has 20 heavy (non-hydrogen) atoms. The average Bonchev–Trinajstić information content (AvgIpc) is 2.37. The van der Waals surface area contributed by atoms with Gasteiger partial charge in [0.25, 0.3) is 0 Å². The van der Waals surface area contributed by atoms with Crippen molar-refractivity contribution in [2.75, 3.05) is 5.75 Å². The first-order chi connectivity index (χ1) is 9.42. The Labute approximate surface area is 121 Å². The summed E-state index contributed by atoms with van der Waals surface area (Å²) < 4.78 is 30.2. The maximum absolute atomic E-state index is 12.2. The Morgan fingerprint density at radius 1 is 1.25 bits per heavy atom. The number of ether oxygens (including phenoxy) is 1. The van der Waals surface area contributed by atoms with Crippen molar-refractivity contribution in [2.45, 2.75) is 50.5 Å². The summed E-state index contributed by atoms with van der Waals surface area (Å²) in [6.45, 7) is 3.89. The maximum Gasteiger partial charge on any atom is 0.155 e. The minimum atomic E-state index is -3.10. The maximum atomic E-state index is 12.2. The number of benzene rings is 1. The van der Waals surface area contributed by atoms with E-state index in [2.05, 4.69) is 0 Å². The zero-order valence-electron chi connectivity index (χ0n) is 12.1. The van der Waals surface area contributed by atoms with E-state index in [1.54, 1.807) is 0 Å². The lowest BCUT2D eigenvalue weighted by Crippen LogP contribution is -2.38. The lowest BCUT2D eigenvalue weighted by molar-refractivity contribution is 0.238. The van der Waals surface area contributed by atoms with E-state index in [0.717, 1.165) is 18.4 Å². The standard InChI is InChI=1S/C15H23NO3S/c1-11(2)19-13-8-4-3-7-12(13)15(16)14-9-5-6-10-20(14,17)18/h3-4,7-8,11,14-15H,5-6,9-10,16H2,1-2H3. The van der Waals surface area contributed by atoms with Crippen molar-refractivity contribution in [3.63, 3.8) is 0 Å². The summed E-state index contributed by atoms with van der Waals surface area (Å²) in [5.74, 6) is 0.939. The predicted molar refractivity (Wildman–Crippen MR) is 80.6 cm³/mol. The number of rotatable bonds is 4. The van der Waals surface area contributed by atoms with Crippen LogP contribution in [0.4, 0.5) is 0 Å². The smallest absolute Gasteiger partial charge is 0.155 e. The molecule has 2 N–H and O–H groups in total. The monoisotopic (exact) mass is 297 g/mol. The molecule has 4 nitrogen and oxygen atoms in total. The van der Waals surface area contributed by atoms with Crippen molar-refractivity contribution in [3.8, 4) is 5.75 Å². The molecule has 0 aromatic heterocycles. The van der Waals surface area contributed by atoms with E-state index >= 15 is 0 Å². The van der Waals surface area contributed by atoms with Gasteiger partial charge in [0.2, 0.25) is 0 Å². The molecule has 112 valence electrons. The molecular formula is C15H23NO3S. The third-order valence-electron chi connectivity index (χ3n) is 3.67. The van der Waals surface area contributed by atoms with E-state index in [9.17, 15) is 8.42 Å². The summed E-state index contributed by atoms with van der Waals surface area (Å²) in [6, 6.07) is 6.95. The minimum Gasteiger partial charge on any atom is -0.491 e. The summed E-state index contributed by atoms with van der Waals surface area (Å²) >= 11 is 0. The molecule has 2 unspecified atom stereocenters. The number of hydrogen-bond donors (Lipinski definition) is 1. The number of hydrogen-bond acceptors (Lipinski definition) is 4. The van der Waals surface area contributed by atoms with E-state index in [-0.39, 0.29) is 11.9 Å². The summed E-state index contributed by atoms with van der Waals surface area (Å²) in [7, 11) is -3.10. The SMILES string of the molecule is CC(C)Oc1ccccc1C(N)C1CCCCS1(=O)=O. The highest BCUT2D eigenvalue weighted by Gasteiger charge is 2.35. The Balaban J connectivity index is 2.31. The second-order valence-electron chi connectivity index (χ2n) is 5.63. The normalized spacial score (nSPS) is 23.5. The first-order valence-electron chi connectivity index (χ1n) is 7.14. The van der Waals surface area contributed by atoms with Crippen molar-refractivity contribution in [3.05, 3.63) is 29.8 Å². The highest BCUT2D eigenvalue weighted by Crippen LogP contribution is 2.33. The number of sulfone groups is 1. The lowest BCUT2D eigenvalue weighted by atomic mass is 9.99. The molecule has 1 saturated heterocycles. The van der Waals surface area contributed by atoms with Gasteiger partial charge in [-0.3, -0.25) is 0 Å². The zero-order valence-corrected chi connectivity index (χ0v) is 12.9. The molecule has 0 aliphatic carbocycles. The van der Waals surface area contributed by atoms with E-state index in [0.29, 0.717) is 12.2 Å². The van der Waals surface area contributed by atoms with Crippen LogP contribution in [0.1, 0.15) is 44.7 Å². The molecule has 0 radical (unpaired) electrons. The van der Waals surface area contributed by atoms with Crippen LogP contribution < -0.4 is 10.5 Å². The summed E-state index contributed by atoms with van der Waals surface area (Å²) in [6.07, 6.45) is 2.34. The van der Waals surface area contributed by atoms with Crippen molar-refractivity contribution >= 4 is 9.84 Å². The fraction of sp³-hybridized carbons (Fsp3) is 0.600. The van der Waals surface area contributed by atoms with Gasteiger partial charge in [-0.25, -0.2) is 8.42 Å². The van der Waals surface area contributed by atoms with E-state index in [1.165, 1.54) is 0 Å². The van der Waals surface area contributed by atoms with Gasteiger partial charge in [0.05, 0.1) is 23.1 Å². The molecule has 1 fully saturated rings. The van der Waals surface area contributed by atoms with Crippen LogP contribution in [0.5, 0.6) is 5.75 Å². The quantitative estimate of drug-likeness (QED) is 0.926. The van der Waals surface area contributed by atoms with Crippen LogP contribution in [0.25, 0.3) is 0 Å². The van der Waals surface area contributed by atoms with Crippen LogP contribution in [0.15, 0.2) is 24.3 Å². The third-order valence-corrected chi connectivity index (χ3v) is 5.98. The highest BCUT2D eigenvalue weighted by atomic mass is 32.2. The Kier molecular flexibility index (Phi) is 4.70. The van der Waals surface area contributed by atoms with Crippen LogP contribution in [0.3, 0.4) is 0 Å². The summed E-state index contributed by atoms with van der Waals surface area (Å²) in [5.41, 5.74) is 7.05. The molecule has 5 heteroatoms. The van der Waals surface area contributed by atoms with Crippen molar-refractivity contribution in [1.82, 2.24) is 0 Å². The van der Waals surface area contributed by atoms with Gasteiger partial charge in [-0.2, -0.15) is 0 Å². The van der Waals surface area contributed by atoms with Gasteiger partial charge >= 0.3 is 0 Å². The molecule has 0 spiro atoms. The first-order valence-corrected chi connectivity index (χ1v) is 8.86. The van der Waals surface area contributed by atoms with Gasteiger partial charge < -0.3 is 10.5 Å². The number of para-hydroxylation sites is 1. The highest BCUT2D eigenvalue weighted by molar-refractivity contribution is 7.92. The summed E-state index contributed by atoms with van der Waals surface area (Å²) in [4.78, 5) is 0. The molecular weight excluding hydrogens is 274 g/mol. The van der Waals surface area contributed by atoms with Gasteiger partial charge in [-0.05, 0) is 32.8 Å². The van der Waals surface area contributed by atoms with Gasteiger partial charge in [-0.15, -0.1) is 0 Å². The zero-order chi connectivity index (χ0) is 14.8. The molecule has 0 amide bonds. The fourth-order valence-electron chi connectivity index (χ4n) is 2.70. The molecule has 1 aromatic rings. The molecule has 1 aliphatic heterocycles. The topological polar surface area (TPSA) is 69.4 Å². The fourth-order valence-corrected chi connectivity index (χ4v) is 4.73. The van der Waals surface area contributed by atoms with E-state index in [4.69, 9.17) is 10.5 Å². The van der Waals surface area contributed by atoms with Crippen LogP contribution in [-0.2, 0) is 9.84 Å². The van der Waals surface area contributed by atoms with Gasteiger partial charge in [0, 0.05) is 5.56 Å². The largest absolute Gasteiger partial charge is 0.491 e. The molecule has 2 atom stereocenters. The Morgan fingerprint density at radius 3 is 2.60 bits per heavy atom. The van der Waals surface area contributed by atoms with Gasteiger partial charge in [-0.1, -0.05) is 24.6 Å². The minimum absolute atomic E-state index is 0.0336. The van der Waals surface area contributed by atoms with Crippen LogP contribution in [-0.4, -0.2) is 25.5 Å². The molecule has 0 bridgehead atoms. The Hall–Kier alpha value is -1.07. The van der Waals surface area contributed by atoms with Gasteiger partial charge in [0.15, 0.2) is 9.84 Å². The van der Waals surface area contributed by atoms with Crippen LogP contribution in [0.2, 0.25) is 0 Å². The summed E-state index contributed by atoms with van der Waals surface area (Å²) in [5, 5.41) is -0.492. The first kappa shape index (κ1) is 15.3. The van der Waals surface area contributed by atoms with Crippen molar-refractivity contribution < 1.29 is 13.2 Å². The molecule has 1 heterocycles. The van der Waals surface area contributed by atoms with E-state index < -0.39 is 21.1 Å². The average molecular weight is 297 g/mol. The Morgan fingerprint density at radius 2 is 1.95 bits per heavy atom. The lowest BCUT2D eigenvalue weighted by Gasteiger charge is -2.29. The van der Waals surface area contributed by atoms with Crippen molar-refractivity contribution in [2.24, 2.45) is 5.73 Å². The molecule has 0 saturated carbocycles. The molecule has 1 aliphatic rings. The number of nitrogens with two attached hydrogens (primary N) is 1. The van der Waals surface area contributed by atoms with Gasteiger partial charge in [0.1, 0.15) is 5.75 Å². The van der Waals surface area contributed by atoms with Crippen LogP contribution in [0, 0.1) is 0 Å². The second-order valence-corrected chi connectivity index (χ2v) is 7.97. The Bertz CT molecular complexity index is 554. The predicted octanol–water partition coefficient (Wildman–Crippen LogP) is 2.44.